The van der Waals surface area contributed by atoms with Gasteiger partial charge in [0.25, 0.3) is 0 Å². The molecule has 4 amide bonds. The van der Waals surface area contributed by atoms with Crippen LogP contribution >= 0.6 is 0 Å². The number of alkyl carbamates (subject to hydrolysis) is 1. The third kappa shape index (κ3) is 10.2. The first-order valence-corrected chi connectivity index (χ1v) is 12.4. The molecule has 3 unspecified atom stereocenters. The second-order valence-electron chi connectivity index (χ2n) is 9.78. The number of hydrogen-bond acceptors (Lipinski definition) is 7. The molecule has 11 nitrogen and oxygen atoms in total. The van der Waals surface area contributed by atoms with Crippen molar-refractivity contribution in [2.24, 2.45) is 5.73 Å². The molecule has 0 heterocycles. The molecule has 11 heteroatoms. The van der Waals surface area contributed by atoms with Crippen molar-refractivity contribution in [2.75, 3.05) is 13.7 Å². The van der Waals surface area contributed by atoms with Gasteiger partial charge in [-0.25, -0.2) is 4.79 Å². The molecule has 4 N–H and O–H groups in total. The van der Waals surface area contributed by atoms with Crippen LogP contribution in [-0.4, -0.2) is 66.0 Å². The second kappa shape index (κ2) is 14.7. The highest BCUT2D eigenvalue weighted by Gasteiger charge is 2.38. The molecule has 0 aliphatic carbocycles. The lowest BCUT2D eigenvalue weighted by atomic mass is 9.97. The van der Waals surface area contributed by atoms with Crippen molar-refractivity contribution in [1.82, 2.24) is 15.5 Å². The van der Waals surface area contributed by atoms with Crippen LogP contribution in [0.15, 0.2) is 30.8 Å². The molecule has 0 aromatic heterocycles. The summed E-state index contributed by atoms with van der Waals surface area (Å²) in [6, 6.07) is 4.00. The predicted octanol–water partition coefficient (Wildman–Crippen LogP) is 2.45. The first-order chi connectivity index (χ1) is 17.7. The van der Waals surface area contributed by atoms with Crippen molar-refractivity contribution in [1.29, 1.82) is 0 Å². The summed E-state index contributed by atoms with van der Waals surface area (Å²) >= 11 is 0. The van der Waals surface area contributed by atoms with Crippen molar-refractivity contribution in [3.05, 3.63) is 42.0 Å². The van der Waals surface area contributed by atoms with Crippen LogP contribution in [-0.2, 0) is 28.7 Å². The van der Waals surface area contributed by atoms with Gasteiger partial charge in [0.05, 0.1) is 7.11 Å². The smallest absolute Gasteiger partial charge is 0.408 e. The van der Waals surface area contributed by atoms with Gasteiger partial charge in [0.15, 0.2) is 0 Å². The Kier molecular flexibility index (Phi) is 12.5. The molecular weight excluding hydrogens is 492 g/mol. The number of primary amides is 1. The van der Waals surface area contributed by atoms with E-state index in [1.54, 1.807) is 58.0 Å². The minimum absolute atomic E-state index is 0.108. The maximum Gasteiger partial charge on any atom is 0.408 e. The maximum atomic E-state index is 14.0. The monoisotopic (exact) mass is 532 g/mol. The van der Waals surface area contributed by atoms with Crippen LogP contribution in [0.1, 0.15) is 71.0 Å². The van der Waals surface area contributed by atoms with E-state index < -0.39 is 60.1 Å². The lowest BCUT2D eigenvalue weighted by Gasteiger charge is -2.38. The van der Waals surface area contributed by atoms with Gasteiger partial charge in [0.1, 0.15) is 24.2 Å². The van der Waals surface area contributed by atoms with Gasteiger partial charge in [0, 0.05) is 12.5 Å². The highest BCUT2D eigenvalue weighted by Crippen LogP contribution is 2.28. The number of rotatable bonds is 13. The molecule has 0 aliphatic rings. The molecule has 0 fully saturated rings. The molecule has 1 aromatic rings. The van der Waals surface area contributed by atoms with E-state index in [0.717, 1.165) is 0 Å². The van der Waals surface area contributed by atoms with Crippen LogP contribution in [0.5, 0.6) is 0 Å². The molecule has 0 saturated carbocycles. The summed E-state index contributed by atoms with van der Waals surface area (Å²) in [7, 11) is 1.19. The molecule has 210 valence electrons. The molecule has 1 rings (SSSR count). The van der Waals surface area contributed by atoms with Crippen molar-refractivity contribution < 1.29 is 33.4 Å². The number of nitrogens with two attached hydrogens (primary N) is 1. The molecule has 1 aromatic carbocycles. The van der Waals surface area contributed by atoms with E-state index in [0.29, 0.717) is 17.5 Å². The molecule has 0 aliphatic heterocycles. The highest BCUT2D eigenvalue weighted by molar-refractivity contribution is 5.93. The summed E-state index contributed by atoms with van der Waals surface area (Å²) in [5.74, 6) is -2.57. The number of ether oxygens (including phenoxy) is 2. The number of amides is 4. The minimum atomic E-state index is -1.22. The largest absolute Gasteiger partial charge is 0.468 e. The van der Waals surface area contributed by atoms with Crippen molar-refractivity contribution in [3.63, 3.8) is 0 Å². The van der Waals surface area contributed by atoms with Gasteiger partial charge in [0.2, 0.25) is 17.7 Å². The highest BCUT2D eigenvalue weighted by atomic mass is 16.6. The Morgan fingerprint density at radius 1 is 1.18 bits per heavy atom. The van der Waals surface area contributed by atoms with Crippen molar-refractivity contribution in [2.45, 2.75) is 77.6 Å². The molecule has 0 bridgehead atoms. The average molecular weight is 533 g/mol. The maximum absolute atomic E-state index is 14.0. The number of methoxy groups -OCH3 is 1. The van der Waals surface area contributed by atoms with Gasteiger partial charge >= 0.3 is 12.1 Å². The SMILES string of the molecule is C=Cc1cccc(C(C(=O)NCC(=O)OC)N(C(=O)C(CCC(N)=O)NC(=O)OC(C)(C)C)C(C)CC)c1. The summed E-state index contributed by atoms with van der Waals surface area (Å²) in [5, 5.41) is 5.06. The summed E-state index contributed by atoms with van der Waals surface area (Å²) in [4.78, 5) is 64.7. The van der Waals surface area contributed by atoms with Crippen LogP contribution in [0.25, 0.3) is 6.08 Å². The van der Waals surface area contributed by atoms with Crippen LogP contribution in [0.4, 0.5) is 4.79 Å². The van der Waals surface area contributed by atoms with E-state index in [1.165, 1.54) is 12.0 Å². The van der Waals surface area contributed by atoms with E-state index in [-0.39, 0.29) is 12.8 Å². The second-order valence-corrected chi connectivity index (χ2v) is 9.78. The van der Waals surface area contributed by atoms with E-state index in [2.05, 4.69) is 21.9 Å². The first kappa shape index (κ1) is 32.1. The van der Waals surface area contributed by atoms with Crippen LogP contribution in [0.2, 0.25) is 0 Å². The standard InChI is InChI=1S/C27H40N4O7/c1-8-17(3)31(25(35)20(13-14-21(28)32)30-26(36)38-27(4,5)6)23(24(34)29-16-22(33)37-7)19-12-10-11-18(9-2)15-19/h9-12,15,17,20,23H,2,8,13-14,16H2,1,3-7H3,(H2,28,32)(H,29,34)(H,30,36). The quantitative estimate of drug-likeness (QED) is 0.329. The number of nitrogens with zero attached hydrogens (tertiary/aromatic N) is 1. The lowest BCUT2D eigenvalue weighted by molar-refractivity contribution is -0.146. The van der Waals surface area contributed by atoms with E-state index in [4.69, 9.17) is 10.5 Å². The van der Waals surface area contributed by atoms with Gasteiger partial charge in [-0.05, 0) is 57.7 Å². The Morgan fingerprint density at radius 3 is 2.37 bits per heavy atom. The minimum Gasteiger partial charge on any atom is -0.468 e. The fraction of sp³-hybridized carbons (Fsp3) is 0.519. The third-order valence-corrected chi connectivity index (χ3v) is 5.61. The normalized spacial score (nSPS) is 13.3. The number of carbonyl (C=O) groups is 5. The first-order valence-electron chi connectivity index (χ1n) is 12.4. The van der Waals surface area contributed by atoms with Gasteiger partial charge in [-0.2, -0.15) is 0 Å². The Balaban J connectivity index is 3.58. The number of hydrogen-bond donors (Lipinski definition) is 3. The fourth-order valence-electron chi connectivity index (χ4n) is 3.59. The summed E-state index contributed by atoms with van der Waals surface area (Å²) in [5.41, 5.74) is 5.66. The van der Waals surface area contributed by atoms with Gasteiger partial charge in [-0.1, -0.05) is 37.8 Å². The molecule has 0 saturated heterocycles. The average Bonchev–Trinajstić information content (AvgIpc) is 2.85. The third-order valence-electron chi connectivity index (χ3n) is 5.61. The topological polar surface area (TPSA) is 157 Å². The van der Waals surface area contributed by atoms with Crippen molar-refractivity contribution in [3.8, 4) is 0 Å². The van der Waals surface area contributed by atoms with Crippen LogP contribution < -0.4 is 16.4 Å². The molecule has 3 atom stereocenters. The predicted molar refractivity (Wildman–Crippen MR) is 142 cm³/mol. The Hall–Kier alpha value is -3.89. The molecule has 38 heavy (non-hydrogen) atoms. The zero-order valence-electron chi connectivity index (χ0n) is 23.0. The summed E-state index contributed by atoms with van der Waals surface area (Å²) < 4.78 is 9.94. The molecule has 0 spiro atoms. The van der Waals surface area contributed by atoms with Gasteiger partial charge < -0.3 is 30.7 Å². The fourth-order valence-corrected chi connectivity index (χ4v) is 3.59. The Morgan fingerprint density at radius 2 is 1.84 bits per heavy atom. The molecule has 0 radical (unpaired) electrons. The van der Waals surface area contributed by atoms with E-state index in [9.17, 15) is 24.0 Å². The number of nitrogens with one attached hydrogen (secondary N) is 2. The zero-order chi connectivity index (χ0) is 29.0. The summed E-state index contributed by atoms with van der Waals surface area (Å²) in [6.45, 7) is 12.0. The van der Waals surface area contributed by atoms with Gasteiger partial charge in [-0.15, -0.1) is 0 Å². The number of benzene rings is 1. The van der Waals surface area contributed by atoms with Gasteiger partial charge in [-0.3, -0.25) is 19.2 Å². The van der Waals surface area contributed by atoms with Crippen LogP contribution in [0.3, 0.4) is 0 Å². The van der Waals surface area contributed by atoms with Crippen LogP contribution in [0, 0.1) is 0 Å². The number of esters is 1. The number of carbonyl (C=O) groups excluding carboxylic acids is 5. The summed E-state index contributed by atoms with van der Waals surface area (Å²) in [6.07, 6.45) is 0.907. The lowest BCUT2D eigenvalue weighted by Crippen LogP contribution is -2.55. The van der Waals surface area contributed by atoms with E-state index in [1.807, 2.05) is 6.92 Å². The van der Waals surface area contributed by atoms with Crippen molar-refractivity contribution >= 4 is 35.9 Å². The van der Waals surface area contributed by atoms with E-state index >= 15 is 0 Å². The molecular formula is C27H40N4O7. The zero-order valence-corrected chi connectivity index (χ0v) is 23.0. The Bertz CT molecular complexity index is 1020. The Labute approximate surface area is 224 Å².